The first-order valence-electron chi connectivity index (χ1n) is 3.80. The van der Waals surface area contributed by atoms with Crippen LogP contribution in [0.2, 0.25) is 0 Å². The summed E-state index contributed by atoms with van der Waals surface area (Å²) in [6.07, 6.45) is 10.4. The summed E-state index contributed by atoms with van der Waals surface area (Å²) in [5.41, 5.74) is 1.16. The van der Waals surface area contributed by atoms with Gasteiger partial charge in [-0.2, -0.15) is 0 Å². The average Bonchev–Trinajstić information content (AvgIpc) is 2.06. The van der Waals surface area contributed by atoms with Gasteiger partial charge in [0.15, 0.2) is 0 Å². The zero-order valence-corrected chi connectivity index (χ0v) is 7.12. The molecule has 0 aromatic carbocycles. The Morgan fingerprint density at radius 3 is 3.08 bits per heavy atom. The van der Waals surface area contributed by atoms with Crippen molar-refractivity contribution in [1.82, 2.24) is 9.88 Å². The Balaban J connectivity index is 2.48. The standard InChI is InChI=1S/C10H11N2/c1-3-7-12(2)9-10-5-4-6-11-8-10/h4-6,8H,7,9H2,2H3. The maximum absolute atomic E-state index is 6.79. The second kappa shape index (κ2) is 4.53. The van der Waals surface area contributed by atoms with Crippen LogP contribution in [0.1, 0.15) is 5.56 Å². The van der Waals surface area contributed by atoms with Gasteiger partial charge in [0, 0.05) is 18.9 Å². The van der Waals surface area contributed by atoms with Crippen LogP contribution < -0.4 is 0 Å². The Labute approximate surface area is 73.2 Å². The normalized spacial score (nSPS) is 9.75. The molecule has 0 aliphatic carbocycles. The summed E-state index contributed by atoms with van der Waals surface area (Å²) in [6.45, 7) is 1.38. The number of hydrogen-bond donors (Lipinski definition) is 0. The second-order valence-electron chi connectivity index (χ2n) is 2.71. The molecule has 0 saturated carbocycles. The predicted molar refractivity (Wildman–Crippen MR) is 47.7 cm³/mol. The summed E-state index contributed by atoms with van der Waals surface area (Å²) < 4.78 is 0. The van der Waals surface area contributed by atoms with Crippen molar-refractivity contribution < 1.29 is 0 Å². The van der Waals surface area contributed by atoms with Gasteiger partial charge in [0.05, 0.1) is 6.54 Å². The Morgan fingerprint density at radius 2 is 2.50 bits per heavy atom. The molecule has 1 heterocycles. The van der Waals surface area contributed by atoms with Gasteiger partial charge in [-0.3, -0.25) is 9.88 Å². The smallest absolute Gasteiger partial charge is 0.0612 e. The molecule has 2 nitrogen and oxygen atoms in total. The Kier molecular flexibility index (Phi) is 3.31. The first-order chi connectivity index (χ1) is 5.83. The third-order valence-electron chi connectivity index (χ3n) is 1.52. The van der Waals surface area contributed by atoms with Crippen molar-refractivity contribution in [3.63, 3.8) is 0 Å². The van der Waals surface area contributed by atoms with E-state index in [1.807, 2.05) is 30.3 Å². The van der Waals surface area contributed by atoms with Gasteiger partial charge >= 0.3 is 0 Å². The van der Waals surface area contributed by atoms with E-state index in [9.17, 15) is 0 Å². The lowest BCUT2D eigenvalue weighted by Gasteiger charge is -2.11. The zero-order valence-electron chi connectivity index (χ0n) is 7.12. The van der Waals surface area contributed by atoms with Crippen LogP contribution in [0.25, 0.3) is 0 Å². The molecule has 0 spiro atoms. The van der Waals surface area contributed by atoms with Crippen LogP contribution in [0.5, 0.6) is 0 Å². The van der Waals surface area contributed by atoms with Crippen molar-refractivity contribution in [2.75, 3.05) is 13.6 Å². The summed E-state index contributed by atoms with van der Waals surface area (Å²) in [6, 6.07) is 3.94. The predicted octanol–water partition coefficient (Wildman–Crippen LogP) is 1.10. The van der Waals surface area contributed by atoms with Crippen molar-refractivity contribution in [3.8, 4) is 5.92 Å². The summed E-state index contributed by atoms with van der Waals surface area (Å²) in [4.78, 5) is 6.01. The van der Waals surface area contributed by atoms with Gasteiger partial charge in [-0.25, -0.2) is 0 Å². The van der Waals surface area contributed by atoms with E-state index >= 15 is 0 Å². The van der Waals surface area contributed by atoms with E-state index in [0.29, 0.717) is 6.54 Å². The monoisotopic (exact) mass is 159 g/mol. The van der Waals surface area contributed by atoms with Gasteiger partial charge in [-0.1, -0.05) is 12.0 Å². The van der Waals surface area contributed by atoms with Crippen molar-refractivity contribution in [3.05, 3.63) is 36.5 Å². The van der Waals surface area contributed by atoms with Crippen LogP contribution in [0.15, 0.2) is 24.5 Å². The largest absolute Gasteiger partial charge is 0.291 e. The van der Waals surface area contributed by atoms with Crippen LogP contribution in [-0.4, -0.2) is 23.5 Å². The molecular formula is C10H11N2. The van der Waals surface area contributed by atoms with E-state index in [-0.39, 0.29) is 0 Å². The molecular weight excluding hydrogens is 148 g/mol. The molecule has 0 unspecified atom stereocenters. The van der Waals surface area contributed by atoms with Crippen LogP contribution in [0, 0.1) is 12.3 Å². The fourth-order valence-electron chi connectivity index (χ4n) is 0.994. The topological polar surface area (TPSA) is 16.1 Å². The van der Waals surface area contributed by atoms with E-state index in [2.05, 4.69) is 10.9 Å². The SMILES string of the molecule is [C]#CCN(C)Cc1cccnc1. The highest BCUT2D eigenvalue weighted by Crippen LogP contribution is 1.99. The molecule has 0 amide bonds. The molecule has 61 valence electrons. The van der Waals surface area contributed by atoms with Crippen LogP contribution >= 0.6 is 0 Å². The van der Waals surface area contributed by atoms with Gasteiger partial charge in [0.1, 0.15) is 0 Å². The average molecular weight is 159 g/mol. The van der Waals surface area contributed by atoms with Crippen LogP contribution in [0.4, 0.5) is 0 Å². The lowest BCUT2D eigenvalue weighted by molar-refractivity contribution is 0.368. The molecule has 0 aliphatic rings. The molecule has 1 radical (unpaired) electrons. The van der Waals surface area contributed by atoms with E-state index in [0.717, 1.165) is 12.1 Å². The van der Waals surface area contributed by atoms with Gasteiger partial charge in [-0.15, -0.1) is 0 Å². The van der Waals surface area contributed by atoms with E-state index in [1.54, 1.807) is 6.20 Å². The number of pyridine rings is 1. The third kappa shape index (κ3) is 2.73. The number of nitrogens with zero attached hydrogens (tertiary/aromatic N) is 2. The number of hydrogen-bond acceptors (Lipinski definition) is 2. The molecule has 0 saturated heterocycles. The highest BCUT2D eigenvalue weighted by atomic mass is 15.1. The maximum atomic E-state index is 6.79. The number of aromatic nitrogens is 1. The molecule has 0 atom stereocenters. The molecule has 0 aliphatic heterocycles. The molecule has 0 fully saturated rings. The van der Waals surface area contributed by atoms with Crippen LogP contribution in [-0.2, 0) is 6.54 Å². The highest BCUT2D eigenvalue weighted by Gasteiger charge is 1.96. The van der Waals surface area contributed by atoms with Gasteiger partial charge in [-0.05, 0) is 25.1 Å². The molecule has 2 heteroatoms. The molecule has 1 aromatic rings. The lowest BCUT2D eigenvalue weighted by atomic mass is 10.3. The molecule has 1 rings (SSSR count). The van der Waals surface area contributed by atoms with E-state index in [1.165, 1.54) is 0 Å². The second-order valence-corrected chi connectivity index (χ2v) is 2.71. The van der Waals surface area contributed by atoms with Gasteiger partial charge < -0.3 is 0 Å². The molecule has 0 bridgehead atoms. The third-order valence-corrected chi connectivity index (χ3v) is 1.52. The Morgan fingerprint density at radius 1 is 1.67 bits per heavy atom. The number of rotatable bonds is 3. The Hall–Kier alpha value is -1.33. The fraction of sp³-hybridized carbons (Fsp3) is 0.300. The van der Waals surface area contributed by atoms with Gasteiger partial charge in [0.25, 0.3) is 0 Å². The van der Waals surface area contributed by atoms with E-state index in [4.69, 9.17) is 6.42 Å². The summed E-state index contributed by atoms with van der Waals surface area (Å²) in [5.74, 6) is 2.34. The molecule has 0 N–H and O–H groups in total. The van der Waals surface area contributed by atoms with E-state index < -0.39 is 0 Å². The minimum atomic E-state index is 0.564. The molecule has 12 heavy (non-hydrogen) atoms. The van der Waals surface area contributed by atoms with Crippen LogP contribution in [0.3, 0.4) is 0 Å². The summed E-state index contributed by atoms with van der Waals surface area (Å²) in [5, 5.41) is 0. The van der Waals surface area contributed by atoms with Crippen molar-refractivity contribution in [2.45, 2.75) is 6.54 Å². The summed E-state index contributed by atoms with van der Waals surface area (Å²) in [7, 11) is 1.95. The minimum absolute atomic E-state index is 0.564. The highest BCUT2D eigenvalue weighted by molar-refractivity contribution is 5.08. The quantitative estimate of drug-likeness (QED) is 0.614. The van der Waals surface area contributed by atoms with Gasteiger partial charge in [0.2, 0.25) is 0 Å². The fourth-order valence-corrected chi connectivity index (χ4v) is 0.994. The first kappa shape index (κ1) is 8.76. The van der Waals surface area contributed by atoms with Crippen molar-refractivity contribution >= 4 is 0 Å². The Bertz CT molecular complexity index is 261. The van der Waals surface area contributed by atoms with Crippen molar-refractivity contribution in [1.29, 1.82) is 0 Å². The maximum Gasteiger partial charge on any atom is 0.0612 e. The molecule has 1 aromatic heterocycles. The van der Waals surface area contributed by atoms with Crippen molar-refractivity contribution in [2.24, 2.45) is 0 Å². The summed E-state index contributed by atoms with van der Waals surface area (Å²) >= 11 is 0. The lowest BCUT2D eigenvalue weighted by Crippen LogP contribution is -2.17. The zero-order chi connectivity index (χ0) is 8.81. The minimum Gasteiger partial charge on any atom is -0.291 e. The first-order valence-corrected chi connectivity index (χ1v) is 3.80.